The summed E-state index contributed by atoms with van der Waals surface area (Å²) in [6, 6.07) is 11.0. The third-order valence-corrected chi connectivity index (χ3v) is 7.28. The molecule has 32 heavy (non-hydrogen) atoms. The maximum Gasteiger partial charge on any atom is 0.407 e. The van der Waals surface area contributed by atoms with E-state index in [1.807, 2.05) is 18.2 Å². The van der Waals surface area contributed by atoms with E-state index in [1.54, 1.807) is 24.4 Å². The number of likely N-dealkylation sites (N-methyl/N-ethyl adjacent to an activating group) is 1. The zero-order valence-corrected chi connectivity index (χ0v) is 19.3. The summed E-state index contributed by atoms with van der Waals surface area (Å²) in [5, 5.41) is 14.3. The normalized spacial score (nSPS) is 23.8. The molecule has 0 unspecified atom stereocenters. The molecule has 7 nitrogen and oxygen atoms in total. The highest BCUT2D eigenvalue weighted by Crippen LogP contribution is 2.41. The van der Waals surface area contributed by atoms with Crippen molar-refractivity contribution in [2.24, 2.45) is 5.92 Å². The fourth-order valence-corrected chi connectivity index (χ4v) is 5.25. The molecule has 1 aromatic heterocycles. The zero-order chi connectivity index (χ0) is 22.9. The number of pyridine rings is 1. The molecule has 0 radical (unpaired) electrons. The van der Waals surface area contributed by atoms with Gasteiger partial charge in [-0.15, -0.1) is 0 Å². The number of aromatic nitrogens is 1. The van der Waals surface area contributed by atoms with E-state index in [-0.39, 0.29) is 17.6 Å². The Morgan fingerprint density at radius 1 is 1.12 bits per heavy atom. The van der Waals surface area contributed by atoms with Crippen LogP contribution < -0.4 is 10.2 Å². The van der Waals surface area contributed by atoms with Crippen LogP contribution in [0.3, 0.4) is 0 Å². The molecule has 170 valence electrons. The smallest absolute Gasteiger partial charge is 0.407 e. The Bertz CT molecular complexity index is 978. The van der Waals surface area contributed by atoms with E-state index in [1.165, 1.54) is 11.9 Å². The lowest BCUT2D eigenvalue weighted by Crippen LogP contribution is -2.61. The van der Waals surface area contributed by atoms with Gasteiger partial charge in [-0.25, -0.2) is 9.78 Å². The fourth-order valence-electron chi connectivity index (χ4n) is 5.01. The Balaban J connectivity index is 1.58. The second kappa shape index (κ2) is 9.25. The topological polar surface area (TPSA) is 85.8 Å². The van der Waals surface area contributed by atoms with Crippen molar-refractivity contribution in [2.75, 3.05) is 38.1 Å². The Morgan fingerprint density at radius 3 is 2.38 bits per heavy atom. The first-order valence-electron chi connectivity index (χ1n) is 10.7. The first kappa shape index (κ1) is 22.8. The Hall–Kier alpha value is -2.35. The summed E-state index contributed by atoms with van der Waals surface area (Å²) in [6.45, 7) is 2.17. The number of carbonyl (C=O) groups is 2. The Kier molecular flexibility index (Phi) is 6.60. The van der Waals surface area contributed by atoms with Crippen molar-refractivity contribution in [3.63, 3.8) is 0 Å². The monoisotopic (exact) mass is 476 g/mol. The number of benzene rings is 1. The van der Waals surface area contributed by atoms with E-state index in [4.69, 9.17) is 23.2 Å². The van der Waals surface area contributed by atoms with Gasteiger partial charge in [0.2, 0.25) is 0 Å². The van der Waals surface area contributed by atoms with Crippen molar-refractivity contribution in [2.45, 2.75) is 24.3 Å². The Labute approximate surface area is 197 Å². The van der Waals surface area contributed by atoms with Crippen LogP contribution in [0.15, 0.2) is 42.6 Å². The summed E-state index contributed by atoms with van der Waals surface area (Å²) < 4.78 is 0. The van der Waals surface area contributed by atoms with Crippen molar-refractivity contribution in [3.8, 4) is 0 Å². The van der Waals surface area contributed by atoms with E-state index in [0.29, 0.717) is 49.1 Å². The molecule has 2 saturated heterocycles. The summed E-state index contributed by atoms with van der Waals surface area (Å²) in [6.07, 6.45) is 1.80. The van der Waals surface area contributed by atoms with E-state index >= 15 is 0 Å². The van der Waals surface area contributed by atoms with Crippen LogP contribution in [-0.2, 0) is 4.79 Å². The third-order valence-electron chi connectivity index (χ3n) is 6.81. The van der Waals surface area contributed by atoms with E-state index in [9.17, 15) is 14.7 Å². The molecule has 2 N–H and O–H groups in total. The van der Waals surface area contributed by atoms with Gasteiger partial charge in [-0.05, 0) is 42.7 Å². The molecule has 0 spiro atoms. The predicted octanol–water partition coefficient (Wildman–Crippen LogP) is 3.91. The number of nitrogens with one attached hydrogen (secondary N) is 1. The number of Topliss-reactive ketones (excluding diaryl/α,β-unsaturated/α-hetero) is 1. The molecule has 2 atom stereocenters. The molecule has 0 saturated carbocycles. The molecule has 2 aliphatic heterocycles. The highest BCUT2D eigenvalue weighted by atomic mass is 35.5. The van der Waals surface area contributed by atoms with Crippen LogP contribution in [0, 0.1) is 5.92 Å². The lowest BCUT2D eigenvalue weighted by atomic mass is 9.72. The van der Waals surface area contributed by atoms with E-state index in [2.05, 4.69) is 15.2 Å². The lowest BCUT2D eigenvalue weighted by Gasteiger charge is -2.43. The van der Waals surface area contributed by atoms with Gasteiger partial charge in [-0.1, -0.05) is 35.3 Å². The number of ketones is 1. The van der Waals surface area contributed by atoms with Gasteiger partial charge < -0.3 is 15.3 Å². The summed E-state index contributed by atoms with van der Waals surface area (Å²) >= 11 is 12.0. The minimum atomic E-state index is -1.16. The molecule has 2 aliphatic rings. The molecule has 9 heteroatoms. The van der Waals surface area contributed by atoms with Gasteiger partial charge in [0.05, 0.1) is 5.02 Å². The largest absolute Gasteiger partial charge is 0.465 e. The number of amides is 1. The summed E-state index contributed by atoms with van der Waals surface area (Å²) in [7, 11) is 1.50. The van der Waals surface area contributed by atoms with Crippen molar-refractivity contribution in [1.29, 1.82) is 0 Å². The number of hydrogen-bond donors (Lipinski definition) is 2. The molecule has 1 aromatic carbocycles. The van der Waals surface area contributed by atoms with Crippen molar-refractivity contribution < 1.29 is 14.7 Å². The van der Waals surface area contributed by atoms with Crippen LogP contribution in [0.4, 0.5) is 10.6 Å². The first-order chi connectivity index (χ1) is 15.3. The van der Waals surface area contributed by atoms with E-state index in [0.717, 1.165) is 11.4 Å². The number of piperidine rings is 1. The van der Waals surface area contributed by atoms with Crippen LogP contribution in [0.5, 0.6) is 0 Å². The average molecular weight is 477 g/mol. The highest BCUT2D eigenvalue weighted by molar-refractivity contribution is 6.30. The minimum Gasteiger partial charge on any atom is -0.465 e. The van der Waals surface area contributed by atoms with Gasteiger partial charge in [-0.3, -0.25) is 9.69 Å². The number of halogens is 2. The molecule has 1 amide bonds. The zero-order valence-electron chi connectivity index (χ0n) is 17.8. The quantitative estimate of drug-likeness (QED) is 0.680. The number of anilines is 1. The van der Waals surface area contributed by atoms with Gasteiger partial charge in [0.25, 0.3) is 0 Å². The molecule has 0 bridgehead atoms. The van der Waals surface area contributed by atoms with Crippen molar-refractivity contribution in [1.82, 2.24) is 15.2 Å². The van der Waals surface area contributed by atoms with Gasteiger partial charge in [0.1, 0.15) is 11.4 Å². The SMILES string of the molecule is CN(C(=O)O)[C@]1(C(=O)C2CCN(c3ccc(Cl)cn3)CC2)CNC[C@H]1c1ccc(Cl)cc1. The van der Waals surface area contributed by atoms with Crippen molar-refractivity contribution in [3.05, 3.63) is 58.2 Å². The molecule has 3 heterocycles. The number of carboxylic acid groups (broad SMARTS) is 1. The lowest BCUT2D eigenvalue weighted by molar-refractivity contribution is -0.134. The Morgan fingerprint density at radius 2 is 1.78 bits per heavy atom. The highest BCUT2D eigenvalue weighted by Gasteiger charge is 2.56. The molecule has 4 rings (SSSR count). The van der Waals surface area contributed by atoms with Crippen LogP contribution in [0.25, 0.3) is 0 Å². The van der Waals surface area contributed by atoms with Gasteiger partial charge in [0, 0.05) is 56.3 Å². The second-order valence-electron chi connectivity index (χ2n) is 8.46. The van der Waals surface area contributed by atoms with Gasteiger partial charge in [0.15, 0.2) is 5.78 Å². The maximum atomic E-state index is 14.0. The second-order valence-corrected chi connectivity index (χ2v) is 9.33. The van der Waals surface area contributed by atoms with E-state index < -0.39 is 11.6 Å². The van der Waals surface area contributed by atoms with Crippen molar-refractivity contribution >= 4 is 40.9 Å². The fraction of sp³-hybridized carbons (Fsp3) is 0.435. The summed E-state index contributed by atoms with van der Waals surface area (Å²) in [5.41, 5.74) is -0.256. The predicted molar refractivity (Wildman–Crippen MR) is 125 cm³/mol. The van der Waals surface area contributed by atoms with Crippen LogP contribution in [-0.4, -0.2) is 65.6 Å². The third kappa shape index (κ3) is 4.17. The van der Waals surface area contributed by atoms with Gasteiger partial charge >= 0.3 is 6.09 Å². The minimum absolute atomic E-state index is 0.0175. The number of nitrogens with zero attached hydrogens (tertiary/aromatic N) is 3. The maximum absolute atomic E-state index is 14.0. The first-order valence-corrected chi connectivity index (χ1v) is 11.4. The van der Waals surface area contributed by atoms with Gasteiger partial charge in [-0.2, -0.15) is 0 Å². The number of hydrogen-bond acceptors (Lipinski definition) is 5. The van der Waals surface area contributed by atoms with Crippen LogP contribution in [0.1, 0.15) is 24.3 Å². The summed E-state index contributed by atoms with van der Waals surface area (Å²) in [4.78, 5) is 33.8. The molecule has 2 aromatic rings. The van der Waals surface area contributed by atoms with Crippen LogP contribution >= 0.6 is 23.2 Å². The number of rotatable bonds is 5. The number of carbonyl (C=O) groups excluding carboxylic acids is 1. The molecule has 0 aliphatic carbocycles. The van der Waals surface area contributed by atoms with Crippen LogP contribution in [0.2, 0.25) is 10.0 Å². The average Bonchev–Trinajstić information content (AvgIpc) is 3.25. The standard InChI is InChI=1S/C23H26Cl2N4O3/c1-28(22(31)32)23(14-26-13-19(23)15-2-4-17(24)5-3-15)21(30)16-8-10-29(11-9-16)20-7-6-18(25)12-27-20/h2-7,12,16,19,26H,8-11,13-14H2,1H3,(H,31,32)/t19-,23+/m0/s1. The molecule has 2 fully saturated rings. The summed E-state index contributed by atoms with van der Waals surface area (Å²) in [5.74, 6) is 0.301. The molecular weight excluding hydrogens is 451 g/mol. The molecular formula is C23H26Cl2N4O3.